The zero-order valence-corrected chi connectivity index (χ0v) is 25.7. The number of likely N-dealkylation sites (N-methyl/N-ethyl adjacent to an activating group) is 1. The molecule has 0 aromatic heterocycles. The van der Waals surface area contributed by atoms with Crippen molar-refractivity contribution in [3.8, 4) is 5.75 Å². The minimum absolute atomic E-state index is 0.0175. The fraction of sp³-hybridized carbons (Fsp3) is 0.767. The number of ketones is 1. The maximum atomic E-state index is 12.3. The molecule has 1 N–H and O–H groups in total. The van der Waals surface area contributed by atoms with Gasteiger partial charge in [-0.25, -0.2) is 4.57 Å². The highest BCUT2D eigenvalue weighted by atomic mass is 31.2. The molecule has 0 aliphatic rings. The Morgan fingerprint density at radius 3 is 2.03 bits per heavy atom. The van der Waals surface area contributed by atoms with E-state index in [-0.39, 0.29) is 31.3 Å². The van der Waals surface area contributed by atoms with Crippen LogP contribution in [0.25, 0.3) is 0 Å². The van der Waals surface area contributed by atoms with Crippen molar-refractivity contribution in [3.63, 3.8) is 0 Å². The van der Waals surface area contributed by atoms with Crippen LogP contribution in [0, 0.1) is 5.92 Å². The highest BCUT2D eigenvalue weighted by Crippen LogP contribution is 2.43. The summed E-state index contributed by atoms with van der Waals surface area (Å²) in [5.41, 5.74) is 1.03. The van der Waals surface area contributed by atoms with Crippen LogP contribution in [-0.2, 0) is 24.8 Å². The number of unbranched alkanes of at least 4 members (excludes halogenated alkanes) is 9. The molecule has 2 atom stereocenters. The van der Waals surface area contributed by atoms with Gasteiger partial charge in [0.25, 0.3) is 0 Å². The van der Waals surface area contributed by atoms with E-state index >= 15 is 0 Å². The van der Waals surface area contributed by atoms with Crippen molar-refractivity contribution in [2.75, 3.05) is 47.0 Å². The molecule has 1 rings (SSSR count). The number of phosphoric ester groups is 1. The van der Waals surface area contributed by atoms with Crippen molar-refractivity contribution in [2.45, 2.75) is 97.8 Å². The molecule has 2 unspecified atom stereocenters. The first-order chi connectivity index (χ1) is 18.1. The molecule has 7 nitrogen and oxygen atoms in total. The van der Waals surface area contributed by atoms with Crippen LogP contribution < -0.4 is 4.74 Å². The maximum Gasteiger partial charge on any atom is 0.472 e. The molecule has 0 bridgehead atoms. The van der Waals surface area contributed by atoms with Gasteiger partial charge in [-0.2, -0.15) is 0 Å². The van der Waals surface area contributed by atoms with Crippen molar-refractivity contribution >= 4 is 13.6 Å². The second-order valence-electron chi connectivity index (χ2n) is 11.2. The Kier molecular flexibility index (Phi) is 18.1. The molecule has 0 spiro atoms. The van der Waals surface area contributed by atoms with Gasteiger partial charge in [0.2, 0.25) is 0 Å². The normalized spacial score (nSPS) is 14.3. The Bertz CT molecular complexity index is 798. The predicted molar refractivity (Wildman–Crippen MR) is 156 cm³/mol. The van der Waals surface area contributed by atoms with Crippen molar-refractivity contribution < 1.29 is 32.5 Å². The predicted octanol–water partition coefficient (Wildman–Crippen LogP) is 7.35. The molecule has 220 valence electrons. The second-order valence-corrected chi connectivity index (χ2v) is 12.7. The lowest BCUT2D eigenvalue weighted by Gasteiger charge is -2.28. The number of hydrogen-bond donors (Lipinski definition) is 1. The fourth-order valence-electron chi connectivity index (χ4n) is 4.23. The third-order valence-corrected chi connectivity index (χ3v) is 8.06. The van der Waals surface area contributed by atoms with Crippen LogP contribution in [0.15, 0.2) is 24.3 Å². The molecule has 0 heterocycles. The van der Waals surface area contributed by atoms with Crippen LogP contribution in [0.4, 0.5) is 0 Å². The van der Waals surface area contributed by atoms with Crippen molar-refractivity contribution in [1.29, 1.82) is 0 Å². The van der Waals surface area contributed by atoms with E-state index in [9.17, 15) is 14.3 Å². The number of rotatable bonds is 24. The lowest BCUT2D eigenvalue weighted by Crippen LogP contribution is -2.41. The van der Waals surface area contributed by atoms with Gasteiger partial charge < -0.3 is 18.9 Å². The van der Waals surface area contributed by atoms with Gasteiger partial charge in [-0.1, -0.05) is 76.8 Å². The Morgan fingerprint density at radius 2 is 1.47 bits per heavy atom. The number of quaternary nitrogens is 1. The molecule has 0 fully saturated rings. The number of hydrogen-bond acceptors (Lipinski definition) is 5. The molecule has 0 radical (unpaired) electrons. The maximum absolute atomic E-state index is 12.3. The van der Waals surface area contributed by atoms with Crippen LogP contribution >= 0.6 is 7.82 Å². The number of ether oxygens (including phenoxy) is 1. The van der Waals surface area contributed by atoms with E-state index in [1.807, 2.05) is 38.4 Å². The number of carbonyl (C=O) groups is 1. The van der Waals surface area contributed by atoms with Crippen LogP contribution in [0.2, 0.25) is 0 Å². The largest absolute Gasteiger partial charge is 0.494 e. The minimum atomic E-state index is -4.17. The number of nitrogens with zero attached hydrogens (tertiary/aromatic N) is 1. The van der Waals surface area contributed by atoms with Crippen molar-refractivity contribution in [1.82, 2.24) is 0 Å². The van der Waals surface area contributed by atoms with Gasteiger partial charge in [-0.15, -0.1) is 0 Å². The molecule has 0 saturated heterocycles. The second kappa shape index (κ2) is 19.8. The first-order valence-corrected chi connectivity index (χ1v) is 16.2. The van der Waals surface area contributed by atoms with E-state index in [1.54, 1.807) is 0 Å². The monoisotopic (exact) mass is 556 g/mol. The summed E-state index contributed by atoms with van der Waals surface area (Å²) in [6.45, 7) is 8.17. The van der Waals surface area contributed by atoms with Gasteiger partial charge in [0.15, 0.2) is 0 Å². The lowest BCUT2D eigenvalue weighted by molar-refractivity contribution is -0.888. The molecule has 0 aliphatic heterocycles. The topological polar surface area (TPSA) is 82.1 Å². The summed E-state index contributed by atoms with van der Waals surface area (Å²) in [6.07, 6.45) is 13.8. The molecule has 8 heteroatoms. The third kappa shape index (κ3) is 18.1. The minimum Gasteiger partial charge on any atom is -0.494 e. The quantitative estimate of drug-likeness (QED) is 0.0814. The summed E-state index contributed by atoms with van der Waals surface area (Å²) < 4.78 is 29.3. The first-order valence-electron chi connectivity index (χ1n) is 14.7. The Balaban J connectivity index is 2.36. The smallest absolute Gasteiger partial charge is 0.472 e. The van der Waals surface area contributed by atoms with Crippen LogP contribution in [0.3, 0.4) is 0 Å². The number of benzene rings is 1. The van der Waals surface area contributed by atoms with Crippen LogP contribution in [0.5, 0.6) is 5.75 Å². The molecular weight excluding hydrogens is 501 g/mol. The molecule has 0 amide bonds. The summed E-state index contributed by atoms with van der Waals surface area (Å²) in [5, 5.41) is 0. The van der Waals surface area contributed by atoms with Gasteiger partial charge >= 0.3 is 7.82 Å². The Labute approximate surface area is 232 Å². The van der Waals surface area contributed by atoms with Crippen molar-refractivity contribution in [2.24, 2.45) is 5.92 Å². The van der Waals surface area contributed by atoms with Gasteiger partial charge in [-0.3, -0.25) is 9.05 Å². The van der Waals surface area contributed by atoms with Crippen molar-refractivity contribution in [3.05, 3.63) is 29.8 Å². The van der Waals surface area contributed by atoms with Gasteiger partial charge in [0.1, 0.15) is 24.7 Å². The van der Waals surface area contributed by atoms with Crippen LogP contribution in [0.1, 0.15) is 97.0 Å². The fourth-order valence-corrected chi connectivity index (χ4v) is 5.02. The first kappa shape index (κ1) is 34.8. The Morgan fingerprint density at radius 1 is 0.895 bits per heavy atom. The van der Waals surface area contributed by atoms with E-state index in [0.29, 0.717) is 17.4 Å². The summed E-state index contributed by atoms with van der Waals surface area (Å²) >= 11 is 0. The summed E-state index contributed by atoms with van der Waals surface area (Å²) in [5.74, 6) is 0.647. The SMILES string of the molecule is CCCCCCCCCCCCOc1ccc(CC(COP(=O)(O)OCC[N+](C)(C)CC)CC(C)=O)cc1. The zero-order valence-electron chi connectivity index (χ0n) is 24.8. The molecule has 1 aromatic rings. The number of Topliss-reactive ketones (excluding diaryl/α,β-unsaturated/α-hetero) is 1. The van der Waals surface area contributed by atoms with E-state index in [4.69, 9.17) is 13.8 Å². The Hall–Kier alpha value is -1.24. The molecule has 0 saturated carbocycles. The van der Waals surface area contributed by atoms with E-state index in [0.717, 1.165) is 30.9 Å². The third-order valence-electron chi connectivity index (χ3n) is 7.07. The summed E-state index contributed by atoms with van der Waals surface area (Å²) in [4.78, 5) is 21.9. The van der Waals surface area contributed by atoms with E-state index in [2.05, 4.69) is 13.8 Å². The van der Waals surface area contributed by atoms with Crippen LogP contribution in [-0.4, -0.2) is 62.2 Å². The molecular formula is C30H55NO6P+. The number of carbonyl (C=O) groups excluding carboxylic acids is 1. The molecule has 1 aromatic carbocycles. The van der Waals surface area contributed by atoms with Gasteiger partial charge in [-0.05, 0) is 50.3 Å². The van der Waals surface area contributed by atoms with E-state index < -0.39 is 7.82 Å². The number of phosphoric acid groups is 1. The average Bonchev–Trinajstić information content (AvgIpc) is 2.86. The van der Waals surface area contributed by atoms with Gasteiger partial charge in [0.05, 0.1) is 33.9 Å². The van der Waals surface area contributed by atoms with E-state index in [1.165, 1.54) is 64.7 Å². The molecule has 0 aliphatic carbocycles. The summed E-state index contributed by atoms with van der Waals surface area (Å²) in [7, 11) is -0.109. The standard InChI is InChI=1S/C30H54NO6P/c1-6-8-9-10-11-12-13-14-15-16-22-35-30-19-17-28(18-20-30)25-29(24-27(3)32)26-37-38(33,34)36-23-21-31(4,5)7-2/h17-20,29H,6-16,21-26H2,1-5H3/p+1. The van der Waals surface area contributed by atoms with Gasteiger partial charge in [0, 0.05) is 6.42 Å². The highest BCUT2D eigenvalue weighted by Gasteiger charge is 2.25. The summed E-state index contributed by atoms with van der Waals surface area (Å²) in [6, 6.07) is 7.87. The highest BCUT2D eigenvalue weighted by molar-refractivity contribution is 7.47. The average molecular weight is 557 g/mol. The zero-order chi connectivity index (χ0) is 28.3. The lowest BCUT2D eigenvalue weighted by atomic mass is 9.95. The molecule has 38 heavy (non-hydrogen) atoms.